The first-order valence-corrected chi connectivity index (χ1v) is 3.98. The topological polar surface area (TPSA) is 107 Å². The predicted octanol–water partition coefficient (Wildman–Crippen LogP) is -2.59. The van der Waals surface area contributed by atoms with Crippen LogP contribution in [-0.2, 0) is 0 Å². The molecule has 12 heavy (non-hydrogen) atoms. The van der Waals surface area contributed by atoms with Crippen molar-refractivity contribution in [1.29, 1.82) is 0 Å². The van der Waals surface area contributed by atoms with E-state index >= 15 is 0 Å². The largest absolute Gasteiger partial charge is 0.396 e. The van der Waals surface area contributed by atoms with Gasteiger partial charge in [0.2, 0.25) is 0 Å². The molecule has 5 atom stereocenters. The summed E-state index contributed by atoms with van der Waals surface area (Å²) in [6.07, 6.45) is -3.09. The summed E-state index contributed by atoms with van der Waals surface area (Å²) >= 11 is 0. The molecule has 72 valence electrons. The Hall–Kier alpha value is -0.200. The molecule has 0 aromatic rings. The number of aliphatic hydroxyl groups is 4. The Labute approximate surface area is 70.4 Å². The van der Waals surface area contributed by atoms with Gasteiger partial charge in [0, 0.05) is 18.6 Å². The van der Waals surface area contributed by atoms with Gasteiger partial charge in [0.05, 0.1) is 12.2 Å². The summed E-state index contributed by atoms with van der Waals surface area (Å²) in [5.74, 6) is -0.432. The first kappa shape index (κ1) is 9.88. The normalized spacial score (nSPS) is 49.2. The predicted molar refractivity (Wildman–Crippen MR) is 41.2 cm³/mol. The minimum Gasteiger partial charge on any atom is -0.396 e. The Bertz CT molecular complexity index is 150. The third-order valence-corrected chi connectivity index (χ3v) is 2.43. The molecule has 6 N–H and O–H groups in total. The lowest BCUT2D eigenvalue weighted by molar-refractivity contribution is -0.125. The van der Waals surface area contributed by atoms with Crippen LogP contribution in [0.4, 0.5) is 0 Å². The molecule has 0 saturated heterocycles. The Kier molecular flexibility index (Phi) is 3.03. The minimum atomic E-state index is -1.24. The minimum absolute atomic E-state index is 0.224. The molecule has 0 aromatic heterocycles. The lowest BCUT2D eigenvalue weighted by atomic mass is 9.80. The highest BCUT2D eigenvalue weighted by Crippen LogP contribution is 2.24. The zero-order chi connectivity index (χ0) is 9.30. The van der Waals surface area contributed by atoms with E-state index in [1.165, 1.54) is 0 Å². The zero-order valence-corrected chi connectivity index (χ0v) is 6.67. The van der Waals surface area contributed by atoms with Gasteiger partial charge in [0.25, 0.3) is 0 Å². The van der Waals surface area contributed by atoms with Crippen molar-refractivity contribution in [3.05, 3.63) is 0 Å². The summed E-state index contributed by atoms with van der Waals surface area (Å²) in [7, 11) is 0. The number of aliphatic hydroxyl groups excluding tert-OH is 4. The molecular weight excluding hydrogens is 162 g/mol. The Balaban J connectivity index is 2.63. The summed E-state index contributed by atoms with van der Waals surface area (Å²) in [6, 6.07) is -0.569. The number of nitrogens with two attached hydrogens (primary N) is 1. The highest BCUT2D eigenvalue weighted by atomic mass is 16.4. The smallest absolute Gasteiger partial charge is 0.108 e. The zero-order valence-electron chi connectivity index (χ0n) is 6.67. The molecule has 0 spiro atoms. The van der Waals surface area contributed by atoms with Crippen LogP contribution in [0.1, 0.15) is 6.42 Å². The molecule has 0 aliphatic heterocycles. The van der Waals surface area contributed by atoms with Gasteiger partial charge in [-0.3, -0.25) is 0 Å². The maximum absolute atomic E-state index is 9.30. The number of rotatable bonds is 1. The van der Waals surface area contributed by atoms with Crippen LogP contribution >= 0.6 is 0 Å². The van der Waals surface area contributed by atoms with Gasteiger partial charge in [-0.1, -0.05) is 0 Å². The summed E-state index contributed by atoms with van der Waals surface area (Å²) in [4.78, 5) is 0. The molecule has 5 heteroatoms. The monoisotopic (exact) mass is 177 g/mol. The first-order chi connectivity index (χ1) is 5.57. The Morgan fingerprint density at radius 1 is 1.08 bits per heavy atom. The van der Waals surface area contributed by atoms with E-state index in [4.69, 9.17) is 10.8 Å². The van der Waals surface area contributed by atoms with Crippen molar-refractivity contribution in [3.8, 4) is 0 Å². The summed E-state index contributed by atoms with van der Waals surface area (Å²) < 4.78 is 0. The van der Waals surface area contributed by atoms with E-state index in [1.54, 1.807) is 0 Å². The van der Waals surface area contributed by atoms with Gasteiger partial charge in [-0.2, -0.15) is 0 Å². The maximum atomic E-state index is 9.30. The quantitative estimate of drug-likeness (QED) is 0.302. The molecule has 0 unspecified atom stereocenters. The van der Waals surface area contributed by atoms with Crippen LogP contribution in [0.25, 0.3) is 0 Å². The Morgan fingerprint density at radius 3 is 2.17 bits per heavy atom. The van der Waals surface area contributed by atoms with Crippen molar-refractivity contribution in [2.45, 2.75) is 30.8 Å². The van der Waals surface area contributed by atoms with Crippen LogP contribution in [0.15, 0.2) is 0 Å². The average Bonchev–Trinajstić information content (AvgIpc) is 2.08. The van der Waals surface area contributed by atoms with Crippen LogP contribution in [0.2, 0.25) is 0 Å². The highest BCUT2D eigenvalue weighted by Gasteiger charge is 2.40. The van der Waals surface area contributed by atoms with Crippen LogP contribution in [0.5, 0.6) is 0 Å². The van der Waals surface area contributed by atoms with E-state index in [9.17, 15) is 15.3 Å². The lowest BCUT2D eigenvalue weighted by Crippen LogP contribution is -2.57. The SMILES string of the molecule is N[C@@H]1C[C@H](CO)[C@@H](O)[C@H](O)[C@@H]1O. The highest BCUT2D eigenvalue weighted by molar-refractivity contribution is 4.94. The standard InChI is InChI=1S/C7H15NO4/c8-4-1-3(2-9)5(10)7(12)6(4)11/h3-7,9-12H,1-2,8H2/t3-,4-,5-,6-,7+/m1/s1. The van der Waals surface area contributed by atoms with E-state index in [1.807, 2.05) is 0 Å². The van der Waals surface area contributed by atoms with Gasteiger partial charge in [-0.15, -0.1) is 0 Å². The second kappa shape index (κ2) is 3.68. The second-order valence-corrected chi connectivity index (χ2v) is 3.31. The van der Waals surface area contributed by atoms with E-state index in [0.29, 0.717) is 6.42 Å². The Morgan fingerprint density at radius 2 is 1.67 bits per heavy atom. The van der Waals surface area contributed by atoms with E-state index < -0.39 is 30.3 Å². The summed E-state index contributed by atoms with van der Waals surface area (Å²) in [5.41, 5.74) is 5.46. The van der Waals surface area contributed by atoms with Crippen LogP contribution in [0.3, 0.4) is 0 Å². The third-order valence-electron chi connectivity index (χ3n) is 2.43. The molecule has 5 nitrogen and oxygen atoms in total. The van der Waals surface area contributed by atoms with Crippen molar-refractivity contribution in [2.75, 3.05) is 6.61 Å². The van der Waals surface area contributed by atoms with Crippen molar-refractivity contribution in [3.63, 3.8) is 0 Å². The van der Waals surface area contributed by atoms with Crippen molar-refractivity contribution < 1.29 is 20.4 Å². The molecule has 1 fully saturated rings. The van der Waals surface area contributed by atoms with Crippen LogP contribution in [0, 0.1) is 5.92 Å². The molecule has 0 aromatic carbocycles. The maximum Gasteiger partial charge on any atom is 0.108 e. The van der Waals surface area contributed by atoms with Crippen LogP contribution < -0.4 is 5.73 Å². The fourth-order valence-corrected chi connectivity index (χ4v) is 1.55. The number of hydrogen-bond donors (Lipinski definition) is 5. The van der Waals surface area contributed by atoms with Crippen molar-refractivity contribution in [1.82, 2.24) is 0 Å². The van der Waals surface area contributed by atoms with Gasteiger partial charge in [0.1, 0.15) is 6.10 Å². The van der Waals surface area contributed by atoms with E-state index in [0.717, 1.165) is 0 Å². The van der Waals surface area contributed by atoms with Crippen molar-refractivity contribution in [2.24, 2.45) is 11.7 Å². The van der Waals surface area contributed by atoms with Gasteiger partial charge in [-0.05, 0) is 6.42 Å². The molecule has 0 amide bonds. The fourth-order valence-electron chi connectivity index (χ4n) is 1.55. The van der Waals surface area contributed by atoms with Gasteiger partial charge < -0.3 is 26.2 Å². The third kappa shape index (κ3) is 1.60. The molecule has 1 saturated carbocycles. The van der Waals surface area contributed by atoms with E-state index in [-0.39, 0.29) is 6.61 Å². The fraction of sp³-hybridized carbons (Fsp3) is 1.00. The molecular formula is C7H15NO4. The van der Waals surface area contributed by atoms with E-state index in [2.05, 4.69) is 0 Å². The van der Waals surface area contributed by atoms with Crippen molar-refractivity contribution >= 4 is 0 Å². The molecule has 1 aliphatic rings. The lowest BCUT2D eigenvalue weighted by Gasteiger charge is -2.38. The molecule has 0 heterocycles. The molecule has 0 radical (unpaired) electrons. The van der Waals surface area contributed by atoms with Gasteiger partial charge in [0.15, 0.2) is 0 Å². The average molecular weight is 177 g/mol. The van der Waals surface area contributed by atoms with Crippen LogP contribution in [-0.4, -0.2) is 51.4 Å². The van der Waals surface area contributed by atoms with Gasteiger partial charge in [-0.25, -0.2) is 0 Å². The summed E-state index contributed by atoms with van der Waals surface area (Å²) in [5, 5.41) is 36.5. The number of hydrogen-bond acceptors (Lipinski definition) is 5. The first-order valence-electron chi connectivity index (χ1n) is 3.98. The summed E-state index contributed by atoms with van der Waals surface area (Å²) in [6.45, 7) is -0.224. The van der Waals surface area contributed by atoms with Gasteiger partial charge >= 0.3 is 0 Å². The second-order valence-electron chi connectivity index (χ2n) is 3.31. The molecule has 0 bridgehead atoms. The molecule has 1 rings (SSSR count). The molecule has 1 aliphatic carbocycles.